The lowest BCUT2D eigenvalue weighted by Crippen LogP contribution is -2.53. The highest BCUT2D eigenvalue weighted by Gasteiger charge is 2.49. The number of hydrogen-bond donors (Lipinski definition) is 1. The maximum Gasteiger partial charge on any atom is 0.336 e. The minimum atomic E-state index is -0.838. The molecule has 1 saturated carbocycles. The fourth-order valence-corrected chi connectivity index (χ4v) is 3.00. The van der Waals surface area contributed by atoms with E-state index in [1.165, 1.54) is 12.8 Å². The number of piperazine rings is 1. The topological polar surface area (TPSA) is 43.8 Å². The molecule has 4 heteroatoms. The Morgan fingerprint density at radius 3 is 2.68 bits per heavy atom. The van der Waals surface area contributed by atoms with Crippen molar-refractivity contribution >= 4 is 11.7 Å². The van der Waals surface area contributed by atoms with Gasteiger partial charge < -0.3 is 10.0 Å². The average Bonchev–Trinajstić information content (AvgIpc) is 3.14. The number of aryl methyl sites for hydroxylation is 1. The SMILES string of the molecule is Cc1ccc(N2CCN(C)C3(CC3)C2)cc1C(=O)O. The third-order valence-electron chi connectivity index (χ3n) is 4.64. The van der Waals surface area contributed by atoms with Crippen molar-refractivity contribution in [2.24, 2.45) is 0 Å². The summed E-state index contributed by atoms with van der Waals surface area (Å²) in [6, 6.07) is 5.78. The van der Waals surface area contributed by atoms with Crippen molar-refractivity contribution in [1.29, 1.82) is 0 Å². The second kappa shape index (κ2) is 4.23. The molecule has 0 amide bonds. The predicted molar refractivity (Wildman–Crippen MR) is 74.9 cm³/mol. The fraction of sp³-hybridized carbons (Fsp3) is 0.533. The summed E-state index contributed by atoms with van der Waals surface area (Å²) >= 11 is 0. The Balaban J connectivity index is 1.86. The number of anilines is 1. The summed E-state index contributed by atoms with van der Waals surface area (Å²) in [6.45, 7) is 4.89. The van der Waals surface area contributed by atoms with E-state index in [4.69, 9.17) is 0 Å². The van der Waals surface area contributed by atoms with E-state index < -0.39 is 5.97 Å². The zero-order valence-corrected chi connectivity index (χ0v) is 11.5. The van der Waals surface area contributed by atoms with E-state index in [1.807, 2.05) is 25.1 Å². The Morgan fingerprint density at radius 1 is 1.32 bits per heavy atom. The molecule has 0 unspecified atom stereocenters. The first-order chi connectivity index (χ1) is 9.02. The van der Waals surface area contributed by atoms with Gasteiger partial charge in [-0.15, -0.1) is 0 Å². The molecule has 0 atom stereocenters. The van der Waals surface area contributed by atoms with Gasteiger partial charge in [-0.05, 0) is 44.5 Å². The van der Waals surface area contributed by atoms with Gasteiger partial charge in [-0.3, -0.25) is 4.90 Å². The molecule has 4 nitrogen and oxygen atoms in total. The number of rotatable bonds is 2. The van der Waals surface area contributed by atoms with Crippen molar-refractivity contribution in [3.05, 3.63) is 29.3 Å². The van der Waals surface area contributed by atoms with Gasteiger partial charge in [-0.2, -0.15) is 0 Å². The molecule has 0 bridgehead atoms. The predicted octanol–water partition coefficient (Wildman–Crippen LogP) is 1.98. The number of carboxylic acid groups (broad SMARTS) is 1. The molecule has 1 aliphatic heterocycles. The van der Waals surface area contributed by atoms with Gasteiger partial charge in [0.2, 0.25) is 0 Å². The summed E-state index contributed by atoms with van der Waals surface area (Å²) in [5.74, 6) is -0.838. The number of hydrogen-bond acceptors (Lipinski definition) is 3. The van der Waals surface area contributed by atoms with Crippen LogP contribution in [0, 0.1) is 6.92 Å². The first kappa shape index (κ1) is 12.5. The number of aromatic carboxylic acids is 1. The minimum Gasteiger partial charge on any atom is -0.478 e. The lowest BCUT2D eigenvalue weighted by Gasteiger charge is -2.41. The lowest BCUT2D eigenvalue weighted by atomic mass is 10.1. The van der Waals surface area contributed by atoms with Crippen LogP contribution in [0.3, 0.4) is 0 Å². The second-order valence-corrected chi connectivity index (χ2v) is 5.87. The molecular weight excluding hydrogens is 240 g/mol. The zero-order valence-electron chi connectivity index (χ0n) is 11.5. The summed E-state index contributed by atoms with van der Waals surface area (Å²) in [6.07, 6.45) is 2.52. The van der Waals surface area contributed by atoms with E-state index in [-0.39, 0.29) is 0 Å². The summed E-state index contributed by atoms with van der Waals surface area (Å²) in [5.41, 5.74) is 2.64. The summed E-state index contributed by atoms with van der Waals surface area (Å²) < 4.78 is 0. The monoisotopic (exact) mass is 260 g/mol. The molecule has 2 fully saturated rings. The highest BCUT2D eigenvalue weighted by Crippen LogP contribution is 2.44. The molecule has 1 saturated heterocycles. The van der Waals surface area contributed by atoms with Crippen molar-refractivity contribution < 1.29 is 9.90 Å². The van der Waals surface area contributed by atoms with Crippen LogP contribution < -0.4 is 4.90 Å². The third kappa shape index (κ3) is 2.10. The molecule has 0 aromatic heterocycles. The molecule has 2 aliphatic rings. The Morgan fingerprint density at radius 2 is 2.05 bits per heavy atom. The van der Waals surface area contributed by atoms with Crippen molar-refractivity contribution in [2.45, 2.75) is 25.3 Å². The standard InChI is InChI=1S/C15H20N2O2/c1-11-3-4-12(9-13(11)14(18)19)17-8-7-16(2)15(10-17)5-6-15/h3-4,9H,5-8,10H2,1-2H3,(H,18,19). The molecule has 1 heterocycles. The molecule has 1 aromatic rings. The first-order valence-corrected chi connectivity index (χ1v) is 6.82. The maximum absolute atomic E-state index is 11.2. The summed E-state index contributed by atoms with van der Waals surface area (Å²) in [4.78, 5) is 16.0. The fourth-order valence-electron chi connectivity index (χ4n) is 3.00. The van der Waals surface area contributed by atoms with Gasteiger partial charge >= 0.3 is 5.97 Å². The van der Waals surface area contributed by atoms with Crippen LogP contribution in [0.5, 0.6) is 0 Å². The summed E-state index contributed by atoms with van der Waals surface area (Å²) in [7, 11) is 2.20. The van der Waals surface area contributed by atoms with E-state index in [9.17, 15) is 9.90 Å². The van der Waals surface area contributed by atoms with Crippen LogP contribution in [0.1, 0.15) is 28.8 Å². The van der Waals surface area contributed by atoms with Crippen LogP contribution in [-0.4, -0.2) is 48.2 Å². The lowest BCUT2D eigenvalue weighted by molar-refractivity contribution is 0.0696. The van der Waals surface area contributed by atoms with E-state index >= 15 is 0 Å². The second-order valence-electron chi connectivity index (χ2n) is 5.87. The minimum absolute atomic E-state index is 0.354. The first-order valence-electron chi connectivity index (χ1n) is 6.82. The molecular formula is C15H20N2O2. The summed E-state index contributed by atoms with van der Waals surface area (Å²) in [5, 5.41) is 9.22. The van der Waals surface area contributed by atoms with Crippen molar-refractivity contribution in [2.75, 3.05) is 31.6 Å². The largest absolute Gasteiger partial charge is 0.478 e. The van der Waals surface area contributed by atoms with Crippen LogP contribution in [-0.2, 0) is 0 Å². The quantitative estimate of drug-likeness (QED) is 0.883. The molecule has 1 aromatic carbocycles. The van der Waals surface area contributed by atoms with Crippen molar-refractivity contribution in [1.82, 2.24) is 4.90 Å². The zero-order chi connectivity index (χ0) is 13.6. The van der Waals surface area contributed by atoms with Crippen LogP contribution in [0.2, 0.25) is 0 Å². The van der Waals surface area contributed by atoms with Crippen LogP contribution in [0.25, 0.3) is 0 Å². The number of likely N-dealkylation sites (N-methyl/N-ethyl adjacent to an activating group) is 1. The van der Waals surface area contributed by atoms with Crippen molar-refractivity contribution in [3.8, 4) is 0 Å². The molecule has 19 heavy (non-hydrogen) atoms. The van der Waals surface area contributed by atoms with Gasteiger partial charge in [0.05, 0.1) is 5.56 Å². The molecule has 0 radical (unpaired) electrons. The maximum atomic E-state index is 11.2. The number of carboxylic acids is 1. The van der Waals surface area contributed by atoms with Crippen molar-refractivity contribution in [3.63, 3.8) is 0 Å². The van der Waals surface area contributed by atoms with E-state index in [1.54, 1.807) is 0 Å². The Hall–Kier alpha value is -1.55. The molecule has 1 spiro atoms. The number of carbonyl (C=O) groups is 1. The van der Waals surface area contributed by atoms with Gasteiger partial charge in [0.1, 0.15) is 0 Å². The van der Waals surface area contributed by atoms with Crippen LogP contribution in [0.4, 0.5) is 5.69 Å². The van der Waals surface area contributed by atoms with E-state index in [0.717, 1.165) is 30.9 Å². The van der Waals surface area contributed by atoms with Gasteiger partial charge in [0.25, 0.3) is 0 Å². The van der Waals surface area contributed by atoms with Gasteiger partial charge in [-0.25, -0.2) is 4.79 Å². The Kier molecular flexibility index (Phi) is 2.78. The highest BCUT2D eigenvalue weighted by atomic mass is 16.4. The van der Waals surface area contributed by atoms with E-state index in [0.29, 0.717) is 11.1 Å². The Labute approximate surface area is 113 Å². The van der Waals surface area contributed by atoms with Gasteiger partial charge in [0, 0.05) is 30.9 Å². The van der Waals surface area contributed by atoms with Crippen LogP contribution >= 0.6 is 0 Å². The Bertz CT molecular complexity index is 523. The van der Waals surface area contributed by atoms with Crippen LogP contribution in [0.15, 0.2) is 18.2 Å². The third-order valence-corrected chi connectivity index (χ3v) is 4.64. The highest BCUT2D eigenvalue weighted by molar-refractivity contribution is 5.90. The molecule has 1 aliphatic carbocycles. The van der Waals surface area contributed by atoms with E-state index in [2.05, 4.69) is 16.8 Å². The molecule has 3 rings (SSSR count). The van der Waals surface area contributed by atoms with Gasteiger partial charge in [-0.1, -0.05) is 6.07 Å². The smallest absolute Gasteiger partial charge is 0.336 e. The molecule has 102 valence electrons. The van der Waals surface area contributed by atoms with Gasteiger partial charge in [0.15, 0.2) is 0 Å². The number of benzene rings is 1. The average molecular weight is 260 g/mol. The number of nitrogens with zero attached hydrogens (tertiary/aromatic N) is 2. The molecule has 1 N–H and O–H groups in total. The normalized spacial score (nSPS) is 21.7.